The Morgan fingerprint density at radius 2 is 0.776 bits per heavy atom. The number of allylic oxidation sites excluding steroid dienone is 4. The highest BCUT2D eigenvalue weighted by Crippen LogP contribution is 2.49. The molecule has 0 aromatic heterocycles. The van der Waals surface area contributed by atoms with Crippen LogP contribution in [0.3, 0.4) is 0 Å². The first-order valence-electron chi connectivity index (χ1n) is 38.0. The van der Waals surface area contributed by atoms with Gasteiger partial charge in [-0.1, -0.05) is 219 Å². The van der Waals surface area contributed by atoms with Crippen molar-refractivity contribution in [1.82, 2.24) is 0 Å². The van der Waals surface area contributed by atoms with E-state index in [-0.39, 0.29) is 19.3 Å². The van der Waals surface area contributed by atoms with Crippen molar-refractivity contribution in [3.63, 3.8) is 0 Å². The third-order valence-electron chi connectivity index (χ3n) is 18.8. The molecule has 3 fully saturated rings. The molecule has 3 aliphatic rings. The van der Waals surface area contributed by atoms with Crippen LogP contribution in [0.1, 0.15) is 285 Å². The smallest absolute Gasteiger partial charge is 0.463 e. The highest BCUT2D eigenvalue weighted by Gasteiger charge is 2.58. The molecule has 2 heterocycles. The van der Waals surface area contributed by atoms with Crippen molar-refractivity contribution in [2.45, 2.75) is 389 Å². The van der Waals surface area contributed by atoms with E-state index in [0.717, 1.165) is 89.9 Å². The monoisotopic (exact) mass is 1420 g/mol. The lowest BCUT2D eigenvalue weighted by molar-refractivity contribution is -0.360. The Kier molecular flexibility index (Phi) is 49.5. The number of hydrogen-bond donors (Lipinski definition) is 11. The predicted molar refractivity (Wildman–Crippen MR) is 370 cm³/mol. The lowest BCUT2D eigenvalue weighted by atomic mass is 9.84. The maximum absolute atomic E-state index is 14.3. The molecule has 2 saturated heterocycles. The topological polar surface area (TPSA) is 374 Å². The Morgan fingerprint density at radius 1 is 0.418 bits per heavy atom. The van der Waals surface area contributed by atoms with Gasteiger partial charge in [-0.15, -0.1) is 0 Å². The number of aliphatic hydroxyl groups excluding tert-OH is 10. The van der Waals surface area contributed by atoms with E-state index in [9.17, 15) is 74.9 Å². The first kappa shape index (κ1) is 89.7. The summed E-state index contributed by atoms with van der Waals surface area (Å²) in [5.74, 6) is -1.33. The van der Waals surface area contributed by atoms with Gasteiger partial charge in [0, 0.05) is 19.3 Å². The predicted octanol–water partition coefficient (Wildman–Crippen LogP) is 10.4. The number of aliphatic hydroxyl groups is 10. The molecule has 0 spiro atoms. The number of phosphoric ester groups is 1. The zero-order chi connectivity index (χ0) is 71.9. The van der Waals surface area contributed by atoms with Crippen LogP contribution in [0.2, 0.25) is 0 Å². The Hall–Kier alpha value is -2.56. The summed E-state index contributed by atoms with van der Waals surface area (Å²) < 4.78 is 65.0. The maximum Gasteiger partial charge on any atom is 0.472 e. The summed E-state index contributed by atoms with van der Waals surface area (Å²) >= 11 is 0. The van der Waals surface area contributed by atoms with Crippen LogP contribution in [-0.2, 0) is 61.2 Å². The minimum absolute atomic E-state index is 0.00717. The van der Waals surface area contributed by atoms with Crippen LogP contribution >= 0.6 is 7.82 Å². The first-order valence-corrected chi connectivity index (χ1v) is 39.5. The van der Waals surface area contributed by atoms with Gasteiger partial charge in [0.05, 0.1) is 13.2 Å². The second-order valence-corrected chi connectivity index (χ2v) is 29.0. The molecule has 0 aromatic carbocycles. The van der Waals surface area contributed by atoms with Crippen LogP contribution in [0.25, 0.3) is 0 Å². The number of unbranched alkanes of at least 4 members (excludes halogenated alkanes) is 29. The van der Waals surface area contributed by atoms with Gasteiger partial charge in [0.1, 0.15) is 98.7 Å². The summed E-state index contributed by atoms with van der Waals surface area (Å²) in [7, 11) is -5.70. The molecule has 24 nitrogen and oxygen atoms in total. The molecule has 3 rings (SSSR count). The third kappa shape index (κ3) is 37.2. The molecule has 25 heteroatoms. The molecule has 98 heavy (non-hydrogen) atoms. The van der Waals surface area contributed by atoms with E-state index >= 15 is 0 Å². The SMILES string of the molecule is CCCCCCCC/C=C\CCCCCC(=O)OCC1OC(OC2C(O)C(O)C(O)C(OC3OC(CO)C(O)C(O)C3O)C2OP(=O)(O)OCC(COC(=O)CCCCCCCCC(C)CCCCCCCC)OC(=O)CCCCC/C=C\CCCCCCCCC)C(O)C(O)C1O. The number of esters is 3. The van der Waals surface area contributed by atoms with E-state index in [1.165, 1.54) is 122 Å². The lowest BCUT2D eigenvalue weighted by Gasteiger charge is -2.49. The van der Waals surface area contributed by atoms with Gasteiger partial charge in [0.15, 0.2) is 18.7 Å². The van der Waals surface area contributed by atoms with Crippen molar-refractivity contribution in [2.75, 3.05) is 26.4 Å². The first-order chi connectivity index (χ1) is 47.2. The molecular formula is C73H133O24P. The van der Waals surface area contributed by atoms with Crippen molar-refractivity contribution < 1.29 is 117 Å². The molecule has 0 bridgehead atoms. The Bertz CT molecular complexity index is 2140. The fourth-order valence-corrected chi connectivity index (χ4v) is 13.5. The molecule has 0 aromatic rings. The van der Waals surface area contributed by atoms with Gasteiger partial charge < -0.3 is 89.1 Å². The van der Waals surface area contributed by atoms with E-state index < -0.39 is 156 Å². The van der Waals surface area contributed by atoms with E-state index in [0.29, 0.717) is 31.6 Å². The molecule has 0 radical (unpaired) electrons. The van der Waals surface area contributed by atoms with Gasteiger partial charge in [-0.2, -0.15) is 0 Å². The Balaban J connectivity index is 1.75. The van der Waals surface area contributed by atoms with Crippen molar-refractivity contribution in [3.8, 4) is 0 Å². The zero-order valence-electron chi connectivity index (χ0n) is 60.0. The van der Waals surface area contributed by atoms with Gasteiger partial charge >= 0.3 is 25.7 Å². The number of ether oxygens (including phenoxy) is 7. The maximum atomic E-state index is 14.3. The fourth-order valence-electron chi connectivity index (χ4n) is 12.5. The summed E-state index contributed by atoms with van der Waals surface area (Å²) in [6, 6.07) is 0. The molecule has 19 atom stereocenters. The summed E-state index contributed by atoms with van der Waals surface area (Å²) in [5, 5.41) is 110. The summed E-state index contributed by atoms with van der Waals surface area (Å²) in [5.41, 5.74) is 0. The van der Waals surface area contributed by atoms with Crippen LogP contribution in [0.15, 0.2) is 24.3 Å². The van der Waals surface area contributed by atoms with Gasteiger partial charge in [0.25, 0.3) is 0 Å². The quantitative estimate of drug-likeness (QED) is 0.00886. The van der Waals surface area contributed by atoms with Crippen molar-refractivity contribution >= 4 is 25.7 Å². The Labute approximate surface area is 585 Å². The molecule has 1 saturated carbocycles. The van der Waals surface area contributed by atoms with E-state index in [1.807, 2.05) is 0 Å². The lowest BCUT2D eigenvalue weighted by Crippen LogP contribution is -2.69. The Morgan fingerprint density at radius 3 is 1.21 bits per heavy atom. The number of hydrogen-bond acceptors (Lipinski definition) is 23. The van der Waals surface area contributed by atoms with Crippen molar-refractivity contribution in [1.29, 1.82) is 0 Å². The van der Waals surface area contributed by atoms with Crippen molar-refractivity contribution in [3.05, 3.63) is 24.3 Å². The molecule has 19 unspecified atom stereocenters. The normalized spacial score (nSPS) is 28.1. The van der Waals surface area contributed by atoms with E-state index in [2.05, 4.69) is 52.0 Å². The van der Waals surface area contributed by atoms with Crippen LogP contribution in [-0.4, -0.2) is 204 Å². The number of phosphoric acid groups is 1. The van der Waals surface area contributed by atoms with Crippen LogP contribution in [0, 0.1) is 5.92 Å². The molecule has 0 amide bonds. The largest absolute Gasteiger partial charge is 0.472 e. The van der Waals surface area contributed by atoms with E-state index in [1.54, 1.807) is 0 Å². The van der Waals surface area contributed by atoms with Gasteiger partial charge in [-0.25, -0.2) is 4.57 Å². The van der Waals surface area contributed by atoms with Crippen LogP contribution in [0.4, 0.5) is 0 Å². The standard InChI is InChI=1S/C73H133O24P/c1-5-8-11-14-17-19-21-23-25-27-29-31-38-43-48-59(77)92-54(50-89-57(75)46-41-37-33-32-35-40-45-53(4)44-39-34-16-13-10-7-3)51-91-98(87,88)97-71-69(95-72-67(85)62(80)60(78)55(49-74)93-72)65(83)64(82)66(84)70(71)96-73-68(86)63(81)61(79)56(94-73)52-90-58(76)47-42-36-30-28-26-24-22-20-18-15-12-9-6-2/h24-27,53-56,60-74,78-86H,5-23,28-52H2,1-4H3,(H,87,88)/b26-24-,27-25-. The summed E-state index contributed by atoms with van der Waals surface area (Å²) in [4.78, 5) is 51.0. The highest BCUT2D eigenvalue weighted by molar-refractivity contribution is 7.47. The second-order valence-electron chi connectivity index (χ2n) is 27.6. The van der Waals surface area contributed by atoms with Gasteiger partial charge in [-0.05, 0) is 76.5 Å². The number of carbonyl (C=O) groups excluding carboxylic acids is 3. The fraction of sp³-hybridized carbons (Fsp3) is 0.904. The average molecular weight is 1430 g/mol. The minimum Gasteiger partial charge on any atom is -0.463 e. The minimum atomic E-state index is -5.70. The molecule has 2 aliphatic heterocycles. The molecular weight excluding hydrogens is 1290 g/mol. The van der Waals surface area contributed by atoms with Crippen LogP contribution < -0.4 is 0 Å². The second kappa shape index (κ2) is 54.1. The summed E-state index contributed by atoms with van der Waals surface area (Å²) in [6.07, 6.45) is 12.6. The molecule has 1 aliphatic carbocycles. The van der Waals surface area contributed by atoms with Gasteiger partial charge in [0.2, 0.25) is 0 Å². The number of carbonyl (C=O) groups is 3. The molecule has 574 valence electrons. The van der Waals surface area contributed by atoms with E-state index in [4.69, 9.17) is 42.2 Å². The number of rotatable bonds is 58. The average Bonchev–Trinajstić information content (AvgIpc) is 0.762. The molecule has 11 N–H and O–H groups in total. The highest BCUT2D eigenvalue weighted by atomic mass is 31.2. The third-order valence-corrected chi connectivity index (χ3v) is 19.8. The van der Waals surface area contributed by atoms with Gasteiger partial charge in [-0.3, -0.25) is 23.4 Å². The summed E-state index contributed by atoms with van der Waals surface area (Å²) in [6.45, 7) is 5.73. The van der Waals surface area contributed by atoms with Crippen molar-refractivity contribution in [2.24, 2.45) is 5.92 Å². The zero-order valence-corrected chi connectivity index (χ0v) is 60.9. The van der Waals surface area contributed by atoms with Crippen LogP contribution in [0.5, 0.6) is 0 Å².